The summed E-state index contributed by atoms with van der Waals surface area (Å²) in [6, 6.07) is 4.95. The topological polar surface area (TPSA) is 101 Å². The summed E-state index contributed by atoms with van der Waals surface area (Å²) in [6.45, 7) is 0. The summed E-state index contributed by atoms with van der Waals surface area (Å²) in [4.78, 5) is 26.3. The van der Waals surface area contributed by atoms with Crippen LogP contribution in [0.4, 0.5) is 0 Å². The van der Waals surface area contributed by atoms with E-state index in [0.717, 1.165) is 10.6 Å². The molecular weight excluding hydrogens is 406 g/mol. The van der Waals surface area contributed by atoms with E-state index in [1.807, 2.05) is 5.38 Å². The largest absolute Gasteiger partial charge is 0.493 e. The number of pyridine rings is 1. The third-order valence-corrected chi connectivity index (χ3v) is 5.18. The van der Waals surface area contributed by atoms with Crippen LogP contribution in [0.2, 0.25) is 0 Å². The van der Waals surface area contributed by atoms with Crippen LogP contribution in [0.15, 0.2) is 48.6 Å². The highest BCUT2D eigenvalue weighted by Crippen LogP contribution is 2.39. The quantitative estimate of drug-likeness (QED) is 0.418. The first-order chi connectivity index (χ1) is 14.7. The Morgan fingerprint density at radius 2 is 1.80 bits per heavy atom. The molecular formula is C20H17N5O4S. The van der Waals surface area contributed by atoms with Crippen molar-refractivity contribution in [3.05, 3.63) is 59.8 Å². The molecule has 4 rings (SSSR count). The van der Waals surface area contributed by atoms with E-state index in [-0.39, 0.29) is 5.78 Å². The molecule has 0 spiro atoms. The lowest BCUT2D eigenvalue weighted by molar-refractivity contribution is 0.103. The van der Waals surface area contributed by atoms with Crippen molar-refractivity contribution in [3.8, 4) is 33.6 Å². The molecule has 0 atom stereocenters. The first-order valence-electron chi connectivity index (χ1n) is 8.76. The monoisotopic (exact) mass is 423 g/mol. The minimum Gasteiger partial charge on any atom is -0.493 e. The summed E-state index contributed by atoms with van der Waals surface area (Å²) in [5.41, 5.74) is 1.41. The molecule has 0 fully saturated rings. The molecule has 0 saturated carbocycles. The highest BCUT2D eigenvalue weighted by molar-refractivity contribution is 7.13. The van der Waals surface area contributed by atoms with Gasteiger partial charge in [-0.1, -0.05) is 0 Å². The van der Waals surface area contributed by atoms with Gasteiger partial charge >= 0.3 is 0 Å². The summed E-state index contributed by atoms with van der Waals surface area (Å²) in [5.74, 6) is 1.23. The van der Waals surface area contributed by atoms with E-state index in [0.29, 0.717) is 34.2 Å². The number of carbonyl (C=O) groups excluding carboxylic acids is 1. The van der Waals surface area contributed by atoms with E-state index in [4.69, 9.17) is 14.2 Å². The summed E-state index contributed by atoms with van der Waals surface area (Å²) < 4.78 is 17.6. The molecule has 1 aromatic carbocycles. The Kier molecular flexibility index (Phi) is 5.40. The number of ketones is 1. The minimum atomic E-state index is -0.286. The van der Waals surface area contributed by atoms with Crippen LogP contribution in [-0.2, 0) is 0 Å². The number of carbonyl (C=O) groups is 1. The van der Waals surface area contributed by atoms with Crippen molar-refractivity contribution >= 4 is 17.1 Å². The molecule has 4 aromatic rings. The number of hydrogen-bond donors (Lipinski definition) is 0. The van der Waals surface area contributed by atoms with Crippen molar-refractivity contribution in [1.82, 2.24) is 24.7 Å². The second kappa shape index (κ2) is 8.29. The molecule has 0 N–H and O–H groups in total. The van der Waals surface area contributed by atoms with E-state index in [1.165, 1.54) is 50.0 Å². The molecule has 0 bridgehead atoms. The fraction of sp³-hybridized carbons (Fsp3) is 0.150. The average Bonchev–Trinajstić information content (AvgIpc) is 3.51. The van der Waals surface area contributed by atoms with E-state index < -0.39 is 0 Å². The van der Waals surface area contributed by atoms with Crippen LogP contribution in [0.25, 0.3) is 16.4 Å². The fourth-order valence-corrected chi connectivity index (χ4v) is 3.60. The number of benzene rings is 1. The van der Waals surface area contributed by atoms with Gasteiger partial charge in [0, 0.05) is 28.9 Å². The smallest absolute Gasteiger partial charge is 0.203 e. The lowest BCUT2D eigenvalue weighted by Crippen LogP contribution is -2.11. The fourth-order valence-electron chi connectivity index (χ4n) is 2.98. The summed E-state index contributed by atoms with van der Waals surface area (Å²) in [7, 11) is 4.50. The molecule has 3 aromatic heterocycles. The van der Waals surface area contributed by atoms with Gasteiger partial charge in [0.2, 0.25) is 5.75 Å². The van der Waals surface area contributed by atoms with Crippen molar-refractivity contribution < 1.29 is 19.0 Å². The van der Waals surface area contributed by atoms with Gasteiger partial charge in [-0.3, -0.25) is 4.79 Å². The van der Waals surface area contributed by atoms with Crippen LogP contribution in [0, 0.1) is 0 Å². The molecule has 9 nitrogen and oxygen atoms in total. The maximum Gasteiger partial charge on any atom is 0.203 e. The molecule has 0 aliphatic rings. The first-order valence-corrected chi connectivity index (χ1v) is 9.63. The molecule has 0 radical (unpaired) electrons. The maximum absolute atomic E-state index is 13.5. The van der Waals surface area contributed by atoms with Gasteiger partial charge in [-0.2, -0.15) is 5.10 Å². The second-order valence-corrected chi connectivity index (χ2v) is 6.91. The number of methoxy groups -OCH3 is 3. The van der Waals surface area contributed by atoms with Crippen LogP contribution in [0.5, 0.6) is 17.2 Å². The Hall–Kier alpha value is -3.79. The Morgan fingerprint density at radius 1 is 1.03 bits per heavy atom. The number of thiazole rings is 1. The number of rotatable bonds is 7. The molecule has 0 saturated heterocycles. The SMILES string of the molecule is COc1cc(C(=O)c2cc(-c3nccs3)cnc2-n2cncn2)cc(OC)c1OC. The molecule has 0 aliphatic heterocycles. The van der Waals surface area contributed by atoms with Crippen molar-refractivity contribution in [3.63, 3.8) is 0 Å². The zero-order valence-electron chi connectivity index (χ0n) is 16.4. The predicted molar refractivity (Wildman–Crippen MR) is 110 cm³/mol. The number of nitrogens with zero attached hydrogens (tertiary/aromatic N) is 5. The predicted octanol–water partition coefficient (Wildman–Crippen LogP) is 3.04. The molecule has 152 valence electrons. The lowest BCUT2D eigenvalue weighted by Gasteiger charge is -2.14. The Bertz CT molecular complexity index is 1150. The third-order valence-electron chi connectivity index (χ3n) is 4.35. The lowest BCUT2D eigenvalue weighted by atomic mass is 10.0. The second-order valence-electron chi connectivity index (χ2n) is 6.02. The van der Waals surface area contributed by atoms with E-state index in [1.54, 1.807) is 30.6 Å². The van der Waals surface area contributed by atoms with Crippen LogP contribution in [-0.4, -0.2) is 51.8 Å². The molecule has 0 amide bonds. The van der Waals surface area contributed by atoms with Crippen molar-refractivity contribution in [2.75, 3.05) is 21.3 Å². The molecule has 0 unspecified atom stereocenters. The summed E-state index contributed by atoms with van der Waals surface area (Å²) in [6.07, 6.45) is 6.22. The Balaban J connectivity index is 1.88. The highest BCUT2D eigenvalue weighted by atomic mass is 32.1. The number of aromatic nitrogens is 5. The summed E-state index contributed by atoms with van der Waals surface area (Å²) in [5, 5.41) is 6.74. The Morgan fingerprint density at radius 3 is 2.37 bits per heavy atom. The van der Waals surface area contributed by atoms with Gasteiger partial charge in [0.05, 0.1) is 26.9 Å². The van der Waals surface area contributed by atoms with E-state index in [9.17, 15) is 4.79 Å². The van der Waals surface area contributed by atoms with Gasteiger partial charge in [-0.25, -0.2) is 19.6 Å². The van der Waals surface area contributed by atoms with Crippen molar-refractivity contribution in [1.29, 1.82) is 0 Å². The van der Waals surface area contributed by atoms with E-state index in [2.05, 4.69) is 20.1 Å². The minimum absolute atomic E-state index is 0.286. The van der Waals surface area contributed by atoms with Gasteiger partial charge < -0.3 is 14.2 Å². The van der Waals surface area contributed by atoms with Gasteiger partial charge in [-0.05, 0) is 18.2 Å². The zero-order chi connectivity index (χ0) is 21.1. The first kappa shape index (κ1) is 19.5. The Labute approximate surface area is 175 Å². The summed E-state index contributed by atoms with van der Waals surface area (Å²) >= 11 is 1.46. The van der Waals surface area contributed by atoms with Gasteiger partial charge in [0.25, 0.3) is 0 Å². The van der Waals surface area contributed by atoms with Crippen LogP contribution >= 0.6 is 11.3 Å². The zero-order valence-corrected chi connectivity index (χ0v) is 17.2. The van der Waals surface area contributed by atoms with E-state index >= 15 is 0 Å². The van der Waals surface area contributed by atoms with Gasteiger partial charge in [-0.15, -0.1) is 11.3 Å². The van der Waals surface area contributed by atoms with Gasteiger partial charge in [0.15, 0.2) is 23.1 Å². The molecule has 0 aliphatic carbocycles. The molecule has 3 heterocycles. The average molecular weight is 423 g/mol. The maximum atomic E-state index is 13.5. The third kappa shape index (κ3) is 3.48. The van der Waals surface area contributed by atoms with Crippen molar-refractivity contribution in [2.45, 2.75) is 0 Å². The van der Waals surface area contributed by atoms with Crippen LogP contribution in [0.3, 0.4) is 0 Å². The number of hydrogen-bond acceptors (Lipinski definition) is 9. The van der Waals surface area contributed by atoms with Crippen LogP contribution in [0.1, 0.15) is 15.9 Å². The van der Waals surface area contributed by atoms with Gasteiger partial charge in [0.1, 0.15) is 17.7 Å². The standard InChI is InChI=1S/C20H17N5O4S/c1-27-15-7-12(8-16(28-2)18(15)29-3)17(26)14-6-13(20-22-4-5-30-20)9-23-19(14)25-11-21-10-24-25/h4-11H,1-3H3. The van der Waals surface area contributed by atoms with Crippen LogP contribution < -0.4 is 14.2 Å². The molecule has 10 heteroatoms. The normalized spacial score (nSPS) is 10.6. The molecule has 30 heavy (non-hydrogen) atoms. The van der Waals surface area contributed by atoms with Crippen molar-refractivity contribution in [2.24, 2.45) is 0 Å². The number of ether oxygens (including phenoxy) is 3. The highest BCUT2D eigenvalue weighted by Gasteiger charge is 2.22.